The first-order chi connectivity index (χ1) is 9.18. The standard InChI is InChI=1S/C11H12Cl3N3O2S/c1-6-2-4-7(5-3-6)15-9(20)16-8(11(12,13)14)17-10(18)19/h2-5,8,17H,1H3,(H,18,19)(H2,15,16,20). The number of benzene rings is 1. The fourth-order valence-electron chi connectivity index (χ4n) is 1.26. The van der Waals surface area contributed by atoms with Crippen molar-refractivity contribution in [2.45, 2.75) is 16.9 Å². The number of nitrogens with one attached hydrogen (secondary N) is 3. The van der Waals surface area contributed by atoms with Crippen LogP contribution in [-0.4, -0.2) is 26.3 Å². The average Bonchev–Trinajstić information content (AvgIpc) is 2.29. The highest BCUT2D eigenvalue weighted by molar-refractivity contribution is 7.80. The monoisotopic (exact) mass is 355 g/mol. The molecule has 1 atom stereocenters. The van der Waals surface area contributed by atoms with Crippen LogP contribution in [0.2, 0.25) is 0 Å². The maximum atomic E-state index is 10.6. The number of alkyl halides is 3. The Morgan fingerprint density at radius 3 is 2.25 bits per heavy atom. The number of anilines is 1. The fourth-order valence-corrected chi connectivity index (χ4v) is 1.82. The number of halogens is 3. The molecule has 1 unspecified atom stereocenters. The number of aryl methyl sites for hydroxylation is 1. The number of rotatable bonds is 3. The minimum Gasteiger partial charge on any atom is -0.465 e. The van der Waals surface area contributed by atoms with Gasteiger partial charge >= 0.3 is 6.09 Å². The van der Waals surface area contributed by atoms with Gasteiger partial charge in [0.15, 0.2) is 11.3 Å². The van der Waals surface area contributed by atoms with Gasteiger partial charge in [-0.15, -0.1) is 0 Å². The minimum atomic E-state index is -1.89. The lowest BCUT2D eigenvalue weighted by atomic mass is 10.2. The summed E-state index contributed by atoms with van der Waals surface area (Å²) in [4.78, 5) is 10.6. The van der Waals surface area contributed by atoms with Crippen molar-refractivity contribution < 1.29 is 9.90 Å². The van der Waals surface area contributed by atoms with Crippen molar-refractivity contribution in [2.24, 2.45) is 0 Å². The van der Waals surface area contributed by atoms with Gasteiger partial charge in [0.2, 0.25) is 3.79 Å². The van der Waals surface area contributed by atoms with Crippen LogP contribution in [0.4, 0.5) is 10.5 Å². The molecule has 20 heavy (non-hydrogen) atoms. The molecule has 0 aliphatic heterocycles. The first kappa shape index (κ1) is 17.1. The van der Waals surface area contributed by atoms with E-state index in [1.165, 1.54) is 0 Å². The zero-order chi connectivity index (χ0) is 15.3. The number of carboxylic acid groups (broad SMARTS) is 1. The van der Waals surface area contributed by atoms with Gasteiger partial charge in [-0.25, -0.2) is 4.79 Å². The van der Waals surface area contributed by atoms with Gasteiger partial charge in [0.05, 0.1) is 0 Å². The van der Waals surface area contributed by atoms with Crippen molar-refractivity contribution in [1.29, 1.82) is 0 Å². The largest absolute Gasteiger partial charge is 0.465 e. The normalized spacial score (nSPS) is 12.4. The molecule has 0 spiro atoms. The van der Waals surface area contributed by atoms with Gasteiger partial charge < -0.3 is 15.7 Å². The van der Waals surface area contributed by atoms with E-state index in [1.54, 1.807) is 0 Å². The lowest BCUT2D eigenvalue weighted by Gasteiger charge is -2.26. The molecule has 0 fully saturated rings. The van der Waals surface area contributed by atoms with Crippen LogP contribution in [0.15, 0.2) is 24.3 Å². The topological polar surface area (TPSA) is 73.4 Å². The maximum absolute atomic E-state index is 10.6. The molecular formula is C11H12Cl3N3O2S. The molecule has 1 aromatic rings. The lowest BCUT2D eigenvalue weighted by molar-refractivity contribution is 0.189. The summed E-state index contributed by atoms with van der Waals surface area (Å²) in [6, 6.07) is 7.43. The molecule has 110 valence electrons. The molecule has 0 saturated carbocycles. The summed E-state index contributed by atoms with van der Waals surface area (Å²) in [6.45, 7) is 1.95. The van der Waals surface area contributed by atoms with Crippen molar-refractivity contribution in [2.75, 3.05) is 5.32 Å². The number of thiocarbonyl (C=S) groups is 1. The van der Waals surface area contributed by atoms with E-state index < -0.39 is 16.1 Å². The van der Waals surface area contributed by atoms with Gasteiger partial charge in [-0.05, 0) is 31.3 Å². The van der Waals surface area contributed by atoms with E-state index in [1.807, 2.05) is 36.5 Å². The Morgan fingerprint density at radius 1 is 1.25 bits per heavy atom. The van der Waals surface area contributed by atoms with Crippen LogP contribution in [0.25, 0.3) is 0 Å². The second-order valence-corrected chi connectivity index (χ2v) is 6.67. The first-order valence-corrected chi connectivity index (χ1v) is 6.93. The molecule has 5 nitrogen and oxygen atoms in total. The number of hydrogen-bond donors (Lipinski definition) is 4. The summed E-state index contributed by atoms with van der Waals surface area (Å²) in [5, 5.41) is 16.3. The molecule has 1 amide bonds. The first-order valence-electron chi connectivity index (χ1n) is 5.39. The predicted octanol–water partition coefficient (Wildman–Crippen LogP) is 3.25. The summed E-state index contributed by atoms with van der Waals surface area (Å²) in [5.41, 5.74) is 1.83. The van der Waals surface area contributed by atoms with Gasteiger partial charge in [-0.2, -0.15) is 0 Å². The molecule has 0 aromatic heterocycles. The van der Waals surface area contributed by atoms with Gasteiger partial charge in [-0.1, -0.05) is 52.5 Å². The Labute approximate surface area is 136 Å². The van der Waals surface area contributed by atoms with Crippen LogP contribution in [-0.2, 0) is 0 Å². The van der Waals surface area contributed by atoms with Crippen LogP contribution in [0.5, 0.6) is 0 Å². The number of hydrogen-bond acceptors (Lipinski definition) is 2. The van der Waals surface area contributed by atoms with Crippen LogP contribution in [0.1, 0.15) is 5.56 Å². The van der Waals surface area contributed by atoms with Gasteiger partial charge in [0.1, 0.15) is 0 Å². The molecular weight excluding hydrogens is 345 g/mol. The second kappa shape index (κ2) is 7.17. The van der Waals surface area contributed by atoms with Crippen molar-refractivity contribution in [3.63, 3.8) is 0 Å². The zero-order valence-corrected chi connectivity index (χ0v) is 13.4. The smallest absolute Gasteiger partial charge is 0.406 e. The summed E-state index contributed by atoms with van der Waals surface area (Å²) < 4.78 is -1.89. The summed E-state index contributed by atoms with van der Waals surface area (Å²) in [5.74, 6) is 0. The maximum Gasteiger partial charge on any atom is 0.406 e. The van der Waals surface area contributed by atoms with Gasteiger partial charge in [0.25, 0.3) is 0 Å². The third kappa shape index (κ3) is 6.00. The number of amides is 1. The van der Waals surface area contributed by atoms with Crippen LogP contribution >= 0.6 is 47.0 Å². The van der Waals surface area contributed by atoms with E-state index in [2.05, 4.69) is 10.6 Å². The molecule has 9 heteroatoms. The Bertz CT molecular complexity index is 491. The van der Waals surface area contributed by atoms with Crippen LogP contribution < -0.4 is 16.0 Å². The molecule has 4 N–H and O–H groups in total. The van der Waals surface area contributed by atoms with Crippen LogP contribution in [0, 0.1) is 6.92 Å². The molecule has 0 bridgehead atoms. The molecule has 0 heterocycles. The van der Waals surface area contributed by atoms with E-state index in [0.29, 0.717) is 0 Å². The van der Waals surface area contributed by atoms with Crippen molar-refractivity contribution in [3.8, 4) is 0 Å². The summed E-state index contributed by atoms with van der Waals surface area (Å²) >= 11 is 22.0. The second-order valence-electron chi connectivity index (χ2n) is 3.89. The third-order valence-corrected chi connectivity index (χ3v) is 3.05. The lowest BCUT2D eigenvalue weighted by Crippen LogP contribution is -2.55. The molecule has 0 saturated heterocycles. The van der Waals surface area contributed by atoms with Crippen molar-refractivity contribution >= 4 is 63.9 Å². The summed E-state index contributed by atoms with van der Waals surface area (Å²) in [6.07, 6.45) is -2.53. The Balaban J connectivity index is 2.66. The Morgan fingerprint density at radius 2 is 1.80 bits per heavy atom. The molecule has 1 rings (SSSR count). The van der Waals surface area contributed by atoms with E-state index in [4.69, 9.17) is 52.1 Å². The fraction of sp³-hybridized carbons (Fsp3) is 0.273. The highest BCUT2D eigenvalue weighted by Gasteiger charge is 2.34. The molecule has 1 aromatic carbocycles. The van der Waals surface area contributed by atoms with E-state index in [-0.39, 0.29) is 5.11 Å². The number of carbonyl (C=O) groups is 1. The molecule has 0 radical (unpaired) electrons. The highest BCUT2D eigenvalue weighted by Crippen LogP contribution is 2.29. The molecule has 0 aliphatic carbocycles. The average molecular weight is 357 g/mol. The van der Waals surface area contributed by atoms with Crippen molar-refractivity contribution in [3.05, 3.63) is 29.8 Å². The van der Waals surface area contributed by atoms with Crippen molar-refractivity contribution in [1.82, 2.24) is 10.6 Å². The quantitative estimate of drug-likeness (QED) is 0.380. The van der Waals surface area contributed by atoms with Gasteiger partial charge in [0, 0.05) is 5.69 Å². The van der Waals surface area contributed by atoms with E-state index in [0.717, 1.165) is 11.3 Å². The summed E-state index contributed by atoms with van der Waals surface area (Å²) in [7, 11) is 0. The predicted molar refractivity (Wildman–Crippen MR) is 85.8 cm³/mol. The van der Waals surface area contributed by atoms with E-state index >= 15 is 0 Å². The highest BCUT2D eigenvalue weighted by atomic mass is 35.6. The zero-order valence-electron chi connectivity index (χ0n) is 10.3. The Kier molecular flexibility index (Phi) is 6.13. The Hall–Kier alpha value is -0.950. The minimum absolute atomic E-state index is 0.124. The van der Waals surface area contributed by atoms with E-state index in [9.17, 15) is 4.79 Å². The molecule has 0 aliphatic rings. The SMILES string of the molecule is Cc1ccc(NC(=S)NC(NC(=O)O)C(Cl)(Cl)Cl)cc1. The third-order valence-electron chi connectivity index (χ3n) is 2.18. The van der Waals surface area contributed by atoms with Crippen LogP contribution in [0.3, 0.4) is 0 Å². The van der Waals surface area contributed by atoms with Gasteiger partial charge in [-0.3, -0.25) is 5.32 Å².